The van der Waals surface area contributed by atoms with Crippen LogP contribution in [0.15, 0.2) is 6.20 Å². The van der Waals surface area contributed by atoms with Gasteiger partial charge in [0.1, 0.15) is 11.4 Å². The SMILES string of the molecule is Cc1cnc(N)nc1NC(CO)(CO)CO. The lowest BCUT2D eigenvalue weighted by atomic mass is 10.0. The van der Waals surface area contributed by atoms with Gasteiger partial charge >= 0.3 is 0 Å². The molecule has 0 radical (unpaired) electrons. The number of nitrogens with one attached hydrogen (secondary N) is 1. The fourth-order valence-electron chi connectivity index (χ4n) is 1.10. The van der Waals surface area contributed by atoms with E-state index in [9.17, 15) is 0 Å². The standard InChI is InChI=1S/C9H16N4O3/c1-6-2-11-8(10)12-7(6)13-9(3-14,4-15)5-16/h2,14-16H,3-5H2,1H3,(H3,10,11,12,13). The Bertz CT molecular complexity index is 346. The molecule has 7 heteroatoms. The number of aryl methyl sites for hydroxylation is 1. The van der Waals surface area contributed by atoms with Crippen LogP contribution in [0, 0.1) is 6.92 Å². The highest BCUT2D eigenvalue weighted by Crippen LogP contribution is 2.17. The molecule has 0 spiro atoms. The van der Waals surface area contributed by atoms with Crippen LogP contribution in [0.2, 0.25) is 0 Å². The van der Waals surface area contributed by atoms with E-state index in [2.05, 4.69) is 15.3 Å². The summed E-state index contributed by atoms with van der Waals surface area (Å²) >= 11 is 0. The molecule has 0 bridgehead atoms. The van der Waals surface area contributed by atoms with Crippen LogP contribution in [0.5, 0.6) is 0 Å². The minimum atomic E-state index is -1.22. The van der Waals surface area contributed by atoms with Gasteiger partial charge in [0.15, 0.2) is 0 Å². The molecule has 0 aliphatic carbocycles. The van der Waals surface area contributed by atoms with Crippen molar-refractivity contribution < 1.29 is 15.3 Å². The first-order valence-corrected chi connectivity index (χ1v) is 4.77. The Morgan fingerprint density at radius 2 is 1.88 bits per heavy atom. The number of nitrogen functional groups attached to an aromatic ring is 1. The average Bonchev–Trinajstić information content (AvgIpc) is 2.31. The summed E-state index contributed by atoms with van der Waals surface area (Å²) in [4.78, 5) is 7.71. The van der Waals surface area contributed by atoms with Crippen LogP contribution in [0.1, 0.15) is 5.56 Å². The van der Waals surface area contributed by atoms with Crippen molar-refractivity contribution in [1.82, 2.24) is 9.97 Å². The van der Waals surface area contributed by atoms with Crippen molar-refractivity contribution in [1.29, 1.82) is 0 Å². The molecule has 1 heterocycles. The number of aromatic nitrogens is 2. The predicted octanol–water partition coefficient (Wildman–Crippen LogP) is -1.51. The Morgan fingerprint density at radius 1 is 1.31 bits per heavy atom. The van der Waals surface area contributed by atoms with Crippen molar-refractivity contribution in [2.75, 3.05) is 30.9 Å². The highest BCUT2D eigenvalue weighted by molar-refractivity contribution is 5.47. The van der Waals surface area contributed by atoms with Crippen LogP contribution in [0.25, 0.3) is 0 Å². The molecule has 6 N–H and O–H groups in total. The molecule has 0 unspecified atom stereocenters. The van der Waals surface area contributed by atoms with Gasteiger partial charge in [0.05, 0.1) is 19.8 Å². The van der Waals surface area contributed by atoms with Gasteiger partial charge in [-0.2, -0.15) is 4.98 Å². The average molecular weight is 228 g/mol. The quantitative estimate of drug-likeness (QED) is 0.415. The van der Waals surface area contributed by atoms with E-state index in [1.807, 2.05) is 0 Å². The van der Waals surface area contributed by atoms with Crippen LogP contribution >= 0.6 is 0 Å². The fraction of sp³-hybridized carbons (Fsp3) is 0.556. The number of nitrogens with zero attached hydrogens (tertiary/aromatic N) is 2. The number of aliphatic hydroxyl groups excluding tert-OH is 3. The number of hydrogen-bond acceptors (Lipinski definition) is 7. The molecule has 90 valence electrons. The summed E-state index contributed by atoms with van der Waals surface area (Å²) in [5.74, 6) is 0.459. The third-order valence-electron chi connectivity index (χ3n) is 2.28. The normalized spacial score (nSPS) is 11.5. The zero-order valence-electron chi connectivity index (χ0n) is 9.01. The highest BCUT2D eigenvalue weighted by atomic mass is 16.3. The molecular formula is C9H16N4O3. The van der Waals surface area contributed by atoms with E-state index in [-0.39, 0.29) is 5.95 Å². The van der Waals surface area contributed by atoms with E-state index >= 15 is 0 Å². The second-order valence-electron chi connectivity index (χ2n) is 3.64. The lowest BCUT2D eigenvalue weighted by Gasteiger charge is -2.29. The van der Waals surface area contributed by atoms with Crippen LogP contribution < -0.4 is 11.1 Å². The number of nitrogens with two attached hydrogens (primary N) is 1. The largest absolute Gasteiger partial charge is 0.394 e. The van der Waals surface area contributed by atoms with Crippen molar-refractivity contribution >= 4 is 11.8 Å². The maximum Gasteiger partial charge on any atom is 0.221 e. The summed E-state index contributed by atoms with van der Waals surface area (Å²) in [6.07, 6.45) is 1.52. The van der Waals surface area contributed by atoms with E-state index in [1.165, 1.54) is 6.20 Å². The topological polar surface area (TPSA) is 125 Å². The number of hydrogen-bond donors (Lipinski definition) is 5. The molecule has 0 atom stereocenters. The van der Waals surface area contributed by atoms with Crippen molar-refractivity contribution in [3.8, 4) is 0 Å². The molecule has 0 fully saturated rings. The summed E-state index contributed by atoms with van der Waals surface area (Å²) < 4.78 is 0. The molecule has 16 heavy (non-hydrogen) atoms. The van der Waals surface area contributed by atoms with Crippen LogP contribution in [0.4, 0.5) is 11.8 Å². The van der Waals surface area contributed by atoms with Gasteiger partial charge in [0.25, 0.3) is 0 Å². The van der Waals surface area contributed by atoms with Gasteiger partial charge in [-0.25, -0.2) is 4.98 Å². The van der Waals surface area contributed by atoms with Crippen LogP contribution in [0.3, 0.4) is 0 Å². The molecule has 1 rings (SSSR count). The molecule has 1 aromatic rings. The van der Waals surface area contributed by atoms with E-state index < -0.39 is 25.4 Å². The zero-order valence-corrected chi connectivity index (χ0v) is 9.01. The Morgan fingerprint density at radius 3 is 2.38 bits per heavy atom. The lowest BCUT2D eigenvalue weighted by Crippen LogP contribution is -2.49. The van der Waals surface area contributed by atoms with Crippen LogP contribution in [-0.2, 0) is 0 Å². The number of anilines is 2. The maximum atomic E-state index is 9.14. The Labute approximate surface area is 93.0 Å². The Hall–Kier alpha value is -1.44. The molecule has 0 saturated carbocycles. The second-order valence-corrected chi connectivity index (χ2v) is 3.64. The van der Waals surface area contributed by atoms with E-state index in [4.69, 9.17) is 21.1 Å². The highest BCUT2D eigenvalue weighted by Gasteiger charge is 2.28. The minimum absolute atomic E-state index is 0.0795. The summed E-state index contributed by atoms with van der Waals surface area (Å²) in [5, 5.41) is 30.2. The van der Waals surface area contributed by atoms with Gasteiger partial charge in [-0.1, -0.05) is 0 Å². The Balaban J connectivity index is 2.97. The van der Waals surface area contributed by atoms with Gasteiger partial charge in [-0.05, 0) is 6.92 Å². The van der Waals surface area contributed by atoms with Gasteiger partial charge in [-0.15, -0.1) is 0 Å². The molecule has 0 aliphatic rings. The molecular weight excluding hydrogens is 212 g/mol. The predicted molar refractivity (Wildman–Crippen MR) is 58.8 cm³/mol. The third kappa shape index (κ3) is 2.57. The molecule has 7 nitrogen and oxygen atoms in total. The van der Waals surface area contributed by atoms with E-state index in [0.29, 0.717) is 11.4 Å². The van der Waals surface area contributed by atoms with Crippen LogP contribution in [-0.4, -0.2) is 50.6 Å². The number of rotatable bonds is 5. The first kappa shape index (κ1) is 12.6. The lowest BCUT2D eigenvalue weighted by molar-refractivity contribution is 0.0830. The first-order valence-electron chi connectivity index (χ1n) is 4.77. The summed E-state index contributed by atoms with van der Waals surface area (Å²) in [6.45, 7) is 0.467. The van der Waals surface area contributed by atoms with E-state index in [1.54, 1.807) is 6.92 Å². The Kier molecular flexibility index (Phi) is 3.99. The van der Waals surface area contributed by atoms with E-state index in [0.717, 1.165) is 0 Å². The smallest absolute Gasteiger partial charge is 0.221 e. The maximum absolute atomic E-state index is 9.14. The summed E-state index contributed by atoms with van der Waals surface area (Å²) in [6, 6.07) is 0. The molecule has 0 amide bonds. The van der Waals surface area contributed by atoms with Crippen molar-refractivity contribution in [2.24, 2.45) is 0 Å². The van der Waals surface area contributed by atoms with Gasteiger partial charge in [-0.3, -0.25) is 0 Å². The summed E-state index contributed by atoms with van der Waals surface area (Å²) in [7, 11) is 0. The van der Waals surface area contributed by atoms with Gasteiger partial charge in [0, 0.05) is 11.8 Å². The second kappa shape index (κ2) is 5.06. The first-order chi connectivity index (χ1) is 7.56. The van der Waals surface area contributed by atoms with Crippen molar-refractivity contribution in [2.45, 2.75) is 12.5 Å². The molecule has 0 aliphatic heterocycles. The van der Waals surface area contributed by atoms with Crippen molar-refractivity contribution in [3.63, 3.8) is 0 Å². The fourth-order valence-corrected chi connectivity index (χ4v) is 1.10. The monoisotopic (exact) mass is 228 g/mol. The van der Waals surface area contributed by atoms with Crippen molar-refractivity contribution in [3.05, 3.63) is 11.8 Å². The number of aliphatic hydroxyl groups is 3. The minimum Gasteiger partial charge on any atom is -0.394 e. The third-order valence-corrected chi connectivity index (χ3v) is 2.28. The van der Waals surface area contributed by atoms with Gasteiger partial charge < -0.3 is 26.4 Å². The zero-order chi connectivity index (χ0) is 12.2. The molecule has 0 saturated heterocycles. The summed E-state index contributed by atoms with van der Waals surface area (Å²) in [5.41, 5.74) is 4.91. The molecule has 1 aromatic heterocycles. The molecule has 0 aromatic carbocycles. The van der Waals surface area contributed by atoms with Gasteiger partial charge in [0.2, 0.25) is 5.95 Å².